The van der Waals surface area contributed by atoms with Crippen molar-refractivity contribution < 1.29 is 8.42 Å². The zero-order chi connectivity index (χ0) is 15.0. The Labute approximate surface area is 124 Å². The van der Waals surface area contributed by atoms with Gasteiger partial charge >= 0.3 is 0 Å². The molecular formula is C13H21N3O2S2. The summed E-state index contributed by atoms with van der Waals surface area (Å²) in [5, 5.41) is 5.19. The summed E-state index contributed by atoms with van der Waals surface area (Å²) in [7, 11) is -3.70. The molecule has 0 bridgehead atoms. The molecule has 0 aromatic heterocycles. The van der Waals surface area contributed by atoms with E-state index in [1.165, 1.54) is 6.07 Å². The summed E-state index contributed by atoms with van der Waals surface area (Å²) in [5.74, 6) is 0.992. The molecule has 0 saturated carbocycles. The first-order valence-electron chi connectivity index (χ1n) is 6.50. The third-order valence-electron chi connectivity index (χ3n) is 3.51. The molecule has 0 amide bonds. The summed E-state index contributed by atoms with van der Waals surface area (Å²) in [6, 6.07) is 4.64. The quantitative estimate of drug-likeness (QED) is 0.810. The molecule has 1 aromatic rings. The number of thioether (sulfide) groups is 1. The third-order valence-corrected chi connectivity index (χ3v) is 5.79. The molecule has 0 spiro atoms. The van der Waals surface area contributed by atoms with Gasteiger partial charge in [-0.25, -0.2) is 13.6 Å². The van der Waals surface area contributed by atoms with Gasteiger partial charge in [-0.15, -0.1) is 0 Å². The molecule has 0 radical (unpaired) electrons. The number of primary sulfonamides is 1. The molecule has 1 aromatic carbocycles. The van der Waals surface area contributed by atoms with Gasteiger partial charge in [-0.2, -0.15) is 11.8 Å². The van der Waals surface area contributed by atoms with Crippen molar-refractivity contribution in [1.29, 1.82) is 0 Å². The highest BCUT2D eigenvalue weighted by Crippen LogP contribution is 2.34. The van der Waals surface area contributed by atoms with Gasteiger partial charge in [-0.05, 0) is 24.6 Å². The second kappa shape index (κ2) is 5.46. The van der Waals surface area contributed by atoms with Crippen molar-refractivity contribution in [3.05, 3.63) is 18.2 Å². The standard InChI is InChI=1S/C13H21N3O2S2/c1-13(2)5-6-16(7-8-19-13)12-9-10(20(15,17)18)3-4-11(12)14/h3-4,9H,5-8,14H2,1-2H3,(H2,15,17,18). The molecule has 20 heavy (non-hydrogen) atoms. The van der Waals surface area contributed by atoms with Crippen LogP contribution >= 0.6 is 11.8 Å². The van der Waals surface area contributed by atoms with Crippen molar-refractivity contribution >= 4 is 33.2 Å². The van der Waals surface area contributed by atoms with Crippen molar-refractivity contribution in [1.82, 2.24) is 0 Å². The minimum Gasteiger partial charge on any atom is -0.397 e. The van der Waals surface area contributed by atoms with Crippen molar-refractivity contribution in [2.75, 3.05) is 29.5 Å². The predicted molar refractivity (Wildman–Crippen MR) is 85.6 cm³/mol. The summed E-state index contributed by atoms with van der Waals surface area (Å²) in [6.07, 6.45) is 1.02. The molecule has 1 fully saturated rings. The fourth-order valence-corrected chi connectivity index (χ4v) is 3.87. The van der Waals surface area contributed by atoms with Gasteiger partial charge in [0.25, 0.3) is 0 Å². The number of hydrogen-bond donors (Lipinski definition) is 2. The van der Waals surface area contributed by atoms with Crippen LogP contribution in [0, 0.1) is 0 Å². The Balaban J connectivity index is 2.32. The maximum Gasteiger partial charge on any atom is 0.238 e. The van der Waals surface area contributed by atoms with Crippen LogP contribution in [0.5, 0.6) is 0 Å². The molecule has 0 atom stereocenters. The van der Waals surface area contributed by atoms with E-state index in [2.05, 4.69) is 18.7 Å². The maximum absolute atomic E-state index is 11.5. The topological polar surface area (TPSA) is 89.4 Å². The molecule has 0 aliphatic carbocycles. The van der Waals surface area contributed by atoms with Crippen molar-refractivity contribution in [3.63, 3.8) is 0 Å². The Morgan fingerprint density at radius 1 is 1.30 bits per heavy atom. The van der Waals surface area contributed by atoms with Gasteiger partial charge in [0.15, 0.2) is 0 Å². The molecule has 7 heteroatoms. The Kier molecular flexibility index (Phi) is 4.22. The Morgan fingerprint density at radius 2 is 2.00 bits per heavy atom. The fourth-order valence-electron chi connectivity index (χ4n) is 2.24. The minimum atomic E-state index is -3.70. The van der Waals surface area contributed by atoms with E-state index in [4.69, 9.17) is 10.9 Å². The van der Waals surface area contributed by atoms with Crippen LogP contribution in [0.3, 0.4) is 0 Å². The Bertz CT molecular complexity index is 600. The average molecular weight is 315 g/mol. The van der Waals surface area contributed by atoms with Crippen LogP contribution < -0.4 is 15.8 Å². The first-order valence-corrected chi connectivity index (χ1v) is 9.03. The third kappa shape index (κ3) is 3.59. The van der Waals surface area contributed by atoms with Gasteiger partial charge in [-0.3, -0.25) is 0 Å². The Hall–Kier alpha value is -0.920. The predicted octanol–water partition coefficient (Wildman–Crippen LogP) is 1.64. The number of nitrogens with zero attached hydrogens (tertiary/aromatic N) is 1. The highest BCUT2D eigenvalue weighted by atomic mass is 32.2. The lowest BCUT2D eigenvalue weighted by atomic mass is 10.1. The second-order valence-corrected chi connectivity index (χ2v) is 8.97. The summed E-state index contributed by atoms with van der Waals surface area (Å²) in [4.78, 5) is 2.25. The van der Waals surface area contributed by atoms with E-state index in [9.17, 15) is 8.42 Å². The van der Waals surface area contributed by atoms with Gasteiger partial charge < -0.3 is 10.6 Å². The van der Waals surface area contributed by atoms with Gasteiger partial charge in [0, 0.05) is 23.6 Å². The molecule has 2 rings (SSSR count). The van der Waals surface area contributed by atoms with Crippen LogP contribution in [0.15, 0.2) is 23.1 Å². The second-order valence-electron chi connectivity index (χ2n) is 5.61. The van der Waals surface area contributed by atoms with Crippen LogP contribution in [-0.4, -0.2) is 32.0 Å². The van der Waals surface area contributed by atoms with Gasteiger partial charge in [0.1, 0.15) is 0 Å². The van der Waals surface area contributed by atoms with E-state index < -0.39 is 10.0 Å². The normalized spacial score (nSPS) is 19.6. The van der Waals surface area contributed by atoms with Crippen LogP contribution in [0.1, 0.15) is 20.3 Å². The monoisotopic (exact) mass is 315 g/mol. The minimum absolute atomic E-state index is 0.109. The fraction of sp³-hybridized carbons (Fsp3) is 0.538. The highest BCUT2D eigenvalue weighted by molar-refractivity contribution is 8.00. The van der Waals surface area contributed by atoms with Crippen LogP contribution in [-0.2, 0) is 10.0 Å². The number of nitrogen functional groups attached to an aromatic ring is 1. The molecule has 1 aliphatic rings. The largest absolute Gasteiger partial charge is 0.397 e. The molecule has 112 valence electrons. The zero-order valence-electron chi connectivity index (χ0n) is 11.8. The molecule has 1 heterocycles. The lowest BCUT2D eigenvalue weighted by Crippen LogP contribution is -2.28. The Morgan fingerprint density at radius 3 is 2.65 bits per heavy atom. The number of sulfonamides is 1. The van der Waals surface area contributed by atoms with Crippen LogP contribution in [0.2, 0.25) is 0 Å². The highest BCUT2D eigenvalue weighted by Gasteiger charge is 2.25. The van der Waals surface area contributed by atoms with Gasteiger partial charge in [0.05, 0.1) is 16.3 Å². The van der Waals surface area contributed by atoms with E-state index in [1.54, 1.807) is 12.1 Å². The van der Waals surface area contributed by atoms with Crippen molar-refractivity contribution in [2.24, 2.45) is 5.14 Å². The molecule has 0 unspecified atom stereocenters. The average Bonchev–Trinajstić information content (AvgIpc) is 2.49. The number of rotatable bonds is 2. The van der Waals surface area contributed by atoms with E-state index >= 15 is 0 Å². The van der Waals surface area contributed by atoms with E-state index in [1.807, 2.05) is 11.8 Å². The number of nitrogens with two attached hydrogens (primary N) is 2. The summed E-state index contributed by atoms with van der Waals surface area (Å²) >= 11 is 1.93. The van der Waals surface area contributed by atoms with E-state index in [0.29, 0.717) is 5.69 Å². The number of hydrogen-bond acceptors (Lipinski definition) is 5. The number of anilines is 2. The molecule has 1 saturated heterocycles. The molecular weight excluding hydrogens is 294 g/mol. The van der Waals surface area contributed by atoms with E-state index in [0.717, 1.165) is 31.0 Å². The molecule has 5 nitrogen and oxygen atoms in total. The van der Waals surface area contributed by atoms with Crippen LogP contribution in [0.4, 0.5) is 11.4 Å². The molecule has 1 aliphatic heterocycles. The first kappa shape index (κ1) is 15.5. The summed E-state index contributed by atoms with van der Waals surface area (Å²) in [6.45, 7) is 6.17. The van der Waals surface area contributed by atoms with Crippen molar-refractivity contribution in [3.8, 4) is 0 Å². The summed E-state index contributed by atoms with van der Waals surface area (Å²) < 4.78 is 23.2. The summed E-state index contributed by atoms with van der Waals surface area (Å²) in [5.41, 5.74) is 7.34. The molecule has 4 N–H and O–H groups in total. The SMILES string of the molecule is CC1(C)CCN(c2cc(S(N)(=O)=O)ccc2N)CCS1. The van der Waals surface area contributed by atoms with Crippen LogP contribution in [0.25, 0.3) is 0 Å². The smallest absolute Gasteiger partial charge is 0.238 e. The van der Waals surface area contributed by atoms with E-state index in [-0.39, 0.29) is 9.64 Å². The lowest BCUT2D eigenvalue weighted by molar-refractivity contribution is 0.597. The van der Waals surface area contributed by atoms with Crippen molar-refractivity contribution in [2.45, 2.75) is 29.9 Å². The lowest BCUT2D eigenvalue weighted by Gasteiger charge is -2.25. The van der Waals surface area contributed by atoms with Gasteiger partial charge in [-0.1, -0.05) is 13.8 Å². The first-order chi connectivity index (χ1) is 9.19. The number of benzene rings is 1. The maximum atomic E-state index is 11.5. The van der Waals surface area contributed by atoms with Gasteiger partial charge in [0.2, 0.25) is 10.0 Å². The zero-order valence-corrected chi connectivity index (χ0v) is 13.4.